The van der Waals surface area contributed by atoms with Crippen LogP contribution in [0.15, 0.2) is 36.1 Å². The second-order valence-corrected chi connectivity index (χ2v) is 6.44. The molecule has 1 fully saturated rings. The molecular weight excluding hydrogens is 303 g/mol. The second-order valence-electron chi connectivity index (χ2n) is 6.44. The normalized spacial score (nSPS) is 25.7. The van der Waals surface area contributed by atoms with E-state index in [-0.39, 0.29) is 5.92 Å². The first-order valence-corrected chi connectivity index (χ1v) is 8.15. The first-order chi connectivity index (χ1) is 10.9. The van der Waals surface area contributed by atoms with E-state index in [1.165, 1.54) is 6.42 Å². The van der Waals surface area contributed by atoms with Gasteiger partial charge in [0, 0.05) is 12.0 Å². The van der Waals surface area contributed by atoms with Crippen molar-refractivity contribution >= 4 is 0 Å². The number of hydrogen-bond acceptors (Lipinski definition) is 2. The van der Waals surface area contributed by atoms with Gasteiger partial charge in [-0.15, -0.1) is 0 Å². The van der Waals surface area contributed by atoms with Gasteiger partial charge in [0.2, 0.25) is 0 Å². The Balaban J connectivity index is 1.64. The minimum absolute atomic E-state index is 0.0870. The molecule has 0 saturated carbocycles. The fourth-order valence-electron chi connectivity index (χ4n) is 3.45. The van der Waals surface area contributed by atoms with E-state index in [1.807, 2.05) is 0 Å². The molecule has 0 aromatic heterocycles. The highest BCUT2D eigenvalue weighted by molar-refractivity contribution is 5.32. The summed E-state index contributed by atoms with van der Waals surface area (Å²) in [4.78, 5) is 2.31. The summed E-state index contributed by atoms with van der Waals surface area (Å²) in [7, 11) is 2.11. The maximum absolute atomic E-state index is 12.7. The van der Waals surface area contributed by atoms with Crippen molar-refractivity contribution in [3.63, 3.8) is 0 Å². The SMILES string of the molecule is CN1CCC[C@H]1COC1=CCC[C@@H]1c1ccc(C(F)(F)F)cc1. The lowest BCUT2D eigenvalue weighted by atomic mass is 9.96. The Kier molecular flexibility index (Phi) is 4.67. The van der Waals surface area contributed by atoms with Gasteiger partial charge in [-0.2, -0.15) is 13.2 Å². The van der Waals surface area contributed by atoms with Gasteiger partial charge in [-0.1, -0.05) is 12.1 Å². The fourth-order valence-corrected chi connectivity index (χ4v) is 3.45. The Morgan fingerprint density at radius 1 is 1.17 bits per heavy atom. The van der Waals surface area contributed by atoms with Gasteiger partial charge in [-0.25, -0.2) is 0 Å². The van der Waals surface area contributed by atoms with Gasteiger partial charge in [0.05, 0.1) is 11.3 Å². The van der Waals surface area contributed by atoms with Gasteiger partial charge in [-0.3, -0.25) is 0 Å². The molecule has 0 radical (unpaired) electrons. The van der Waals surface area contributed by atoms with Gasteiger partial charge in [0.25, 0.3) is 0 Å². The van der Waals surface area contributed by atoms with Crippen LogP contribution >= 0.6 is 0 Å². The maximum atomic E-state index is 12.7. The molecule has 126 valence electrons. The smallest absolute Gasteiger partial charge is 0.416 e. The van der Waals surface area contributed by atoms with Gasteiger partial charge < -0.3 is 9.64 Å². The number of likely N-dealkylation sites (tertiary alicyclic amines) is 1. The monoisotopic (exact) mass is 325 g/mol. The molecule has 1 saturated heterocycles. The number of hydrogen-bond donors (Lipinski definition) is 0. The third kappa shape index (κ3) is 3.71. The molecule has 0 amide bonds. The molecule has 2 atom stereocenters. The number of nitrogens with zero attached hydrogens (tertiary/aromatic N) is 1. The van der Waals surface area contributed by atoms with Crippen molar-refractivity contribution in [2.45, 2.75) is 43.8 Å². The third-order valence-corrected chi connectivity index (χ3v) is 4.90. The number of benzene rings is 1. The highest BCUT2D eigenvalue weighted by atomic mass is 19.4. The van der Waals surface area contributed by atoms with Gasteiger partial charge >= 0.3 is 6.18 Å². The van der Waals surface area contributed by atoms with E-state index in [4.69, 9.17) is 4.74 Å². The van der Waals surface area contributed by atoms with E-state index in [1.54, 1.807) is 12.1 Å². The van der Waals surface area contributed by atoms with Crippen molar-refractivity contribution in [3.05, 3.63) is 47.2 Å². The Morgan fingerprint density at radius 3 is 2.52 bits per heavy atom. The predicted molar refractivity (Wildman–Crippen MR) is 83.1 cm³/mol. The zero-order valence-corrected chi connectivity index (χ0v) is 13.3. The summed E-state index contributed by atoms with van der Waals surface area (Å²) in [5.74, 6) is 1.01. The standard InChI is InChI=1S/C18H22F3NO/c1-22-11-3-4-15(22)12-23-17-6-2-5-16(17)13-7-9-14(10-8-13)18(19,20)21/h6-10,15-16H,2-5,11-12H2,1H3/t15-,16+/m0/s1. The summed E-state index contributed by atoms with van der Waals surface area (Å²) in [6.07, 6.45) is 1.97. The number of rotatable bonds is 4. The fraction of sp³-hybridized carbons (Fsp3) is 0.556. The molecule has 0 unspecified atom stereocenters. The van der Waals surface area contributed by atoms with E-state index in [2.05, 4.69) is 18.0 Å². The van der Waals surface area contributed by atoms with Crippen molar-refractivity contribution in [2.75, 3.05) is 20.2 Å². The molecule has 0 N–H and O–H groups in total. The molecule has 1 aromatic rings. The molecule has 0 spiro atoms. The number of likely N-dealkylation sites (N-methyl/N-ethyl adjacent to an activating group) is 1. The average molecular weight is 325 g/mol. The zero-order valence-electron chi connectivity index (χ0n) is 13.3. The summed E-state index contributed by atoms with van der Waals surface area (Å²) < 4.78 is 44.0. The topological polar surface area (TPSA) is 12.5 Å². The number of halogens is 3. The van der Waals surface area contributed by atoms with Crippen molar-refractivity contribution in [3.8, 4) is 0 Å². The first-order valence-electron chi connectivity index (χ1n) is 8.15. The quantitative estimate of drug-likeness (QED) is 0.803. The number of alkyl halides is 3. The Labute approximate surface area is 134 Å². The Bertz CT molecular complexity index is 565. The van der Waals surface area contributed by atoms with Crippen LogP contribution in [0, 0.1) is 0 Å². The lowest BCUT2D eigenvalue weighted by Crippen LogP contribution is -2.29. The summed E-state index contributed by atoms with van der Waals surface area (Å²) in [6.45, 7) is 1.77. The van der Waals surface area contributed by atoms with Crippen molar-refractivity contribution in [1.29, 1.82) is 0 Å². The van der Waals surface area contributed by atoms with Crippen LogP contribution in [-0.2, 0) is 10.9 Å². The molecular formula is C18H22F3NO. The number of ether oxygens (including phenoxy) is 1. The molecule has 3 rings (SSSR count). The minimum Gasteiger partial charge on any atom is -0.496 e. The molecule has 5 heteroatoms. The average Bonchev–Trinajstić information content (AvgIpc) is 3.13. The summed E-state index contributed by atoms with van der Waals surface area (Å²) in [6, 6.07) is 5.94. The van der Waals surface area contributed by atoms with Crippen molar-refractivity contribution < 1.29 is 17.9 Å². The zero-order chi connectivity index (χ0) is 16.4. The molecule has 23 heavy (non-hydrogen) atoms. The van der Waals surface area contributed by atoms with Crippen molar-refractivity contribution in [2.24, 2.45) is 0 Å². The maximum Gasteiger partial charge on any atom is 0.416 e. The lowest BCUT2D eigenvalue weighted by molar-refractivity contribution is -0.137. The number of allylic oxidation sites excluding steroid dienone is 2. The predicted octanol–water partition coefficient (Wildman–Crippen LogP) is 4.58. The van der Waals surface area contributed by atoms with Crippen molar-refractivity contribution in [1.82, 2.24) is 4.90 Å². The third-order valence-electron chi connectivity index (χ3n) is 4.90. The summed E-state index contributed by atoms with van der Waals surface area (Å²) >= 11 is 0. The lowest BCUT2D eigenvalue weighted by Gasteiger charge is -2.23. The Hall–Kier alpha value is -1.49. The molecule has 1 heterocycles. The van der Waals surface area contributed by atoms with Crippen LogP contribution in [0.25, 0.3) is 0 Å². The van der Waals surface area contributed by atoms with Crippen LogP contribution < -0.4 is 0 Å². The van der Waals surface area contributed by atoms with E-state index < -0.39 is 11.7 Å². The molecule has 0 bridgehead atoms. The van der Waals surface area contributed by atoms with E-state index >= 15 is 0 Å². The van der Waals surface area contributed by atoms with Crippen LogP contribution in [-0.4, -0.2) is 31.1 Å². The van der Waals surface area contributed by atoms with Crippen LogP contribution in [0.3, 0.4) is 0 Å². The molecule has 1 aliphatic heterocycles. The van der Waals surface area contributed by atoms with Crippen LogP contribution in [0.1, 0.15) is 42.7 Å². The highest BCUT2D eigenvalue weighted by Crippen LogP contribution is 2.37. The highest BCUT2D eigenvalue weighted by Gasteiger charge is 2.31. The summed E-state index contributed by atoms with van der Waals surface area (Å²) in [5, 5.41) is 0. The minimum atomic E-state index is -4.28. The van der Waals surface area contributed by atoms with Gasteiger partial charge in [-0.05, 0) is 63.0 Å². The largest absolute Gasteiger partial charge is 0.496 e. The van der Waals surface area contributed by atoms with Gasteiger partial charge in [0.15, 0.2) is 0 Å². The second kappa shape index (κ2) is 6.56. The Morgan fingerprint density at radius 2 is 1.91 bits per heavy atom. The van der Waals surface area contributed by atoms with Gasteiger partial charge in [0.1, 0.15) is 6.61 Å². The first kappa shape index (κ1) is 16.4. The van der Waals surface area contributed by atoms with E-state index in [0.29, 0.717) is 12.6 Å². The van der Waals surface area contributed by atoms with Crippen LogP contribution in [0.5, 0.6) is 0 Å². The van der Waals surface area contributed by atoms with E-state index in [0.717, 1.165) is 49.3 Å². The molecule has 1 aliphatic carbocycles. The molecule has 1 aromatic carbocycles. The van der Waals surface area contributed by atoms with Crippen LogP contribution in [0.4, 0.5) is 13.2 Å². The molecule has 2 aliphatic rings. The molecule has 2 nitrogen and oxygen atoms in total. The van der Waals surface area contributed by atoms with Crippen LogP contribution in [0.2, 0.25) is 0 Å². The summed E-state index contributed by atoms with van der Waals surface area (Å²) in [5.41, 5.74) is 0.305. The van der Waals surface area contributed by atoms with E-state index in [9.17, 15) is 13.2 Å².